The number of nitrogens with two attached hydrogens (primary N) is 1. The van der Waals surface area contributed by atoms with Crippen LogP contribution in [0.4, 0.5) is 0 Å². The summed E-state index contributed by atoms with van der Waals surface area (Å²) in [6.45, 7) is 2.03. The first-order chi connectivity index (χ1) is 12.6. The van der Waals surface area contributed by atoms with E-state index in [1.54, 1.807) is 0 Å². The van der Waals surface area contributed by atoms with E-state index < -0.39 is 5.91 Å². The molecule has 0 radical (unpaired) electrons. The first-order valence-electron chi connectivity index (χ1n) is 8.04. The molecule has 4 aromatic rings. The zero-order chi connectivity index (χ0) is 18.1. The Morgan fingerprint density at radius 2 is 1.92 bits per heavy atom. The van der Waals surface area contributed by atoms with Crippen LogP contribution in [0.1, 0.15) is 5.56 Å². The zero-order valence-corrected chi connectivity index (χ0v) is 14.9. The molecule has 0 unspecified atom stereocenters. The van der Waals surface area contributed by atoms with E-state index in [-0.39, 0.29) is 5.75 Å². The first-order valence-corrected chi connectivity index (χ1v) is 9.03. The van der Waals surface area contributed by atoms with Crippen LogP contribution in [-0.4, -0.2) is 26.4 Å². The van der Waals surface area contributed by atoms with Crippen LogP contribution >= 0.6 is 11.8 Å². The molecule has 2 heterocycles. The largest absolute Gasteiger partial charge is 0.453 e. The molecule has 2 aromatic carbocycles. The molecular weight excluding hydrogens is 348 g/mol. The molecule has 0 saturated heterocycles. The third-order valence-electron chi connectivity index (χ3n) is 3.91. The normalized spacial score (nSPS) is 11.1. The van der Waals surface area contributed by atoms with Gasteiger partial charge in [-0.05, 0) is 31.2 Å². The molecule has 130 valence electrons. The van der Waals surface area contributed by atoms with Gasteiger partial charge in [0.25, 0.3) is 0 Å². The van der Waals surface area contributed by atoms with Gasteiger partial charge in [0.15, 0.2) is 10.9 Å². The van der Waals surface area contributed by atoms with Gasteiger partial charge in [-0.15, -0.1) is 10.2 Å². The monoisotopic (exact) mass is 364 g/mol. The van der Waals surface area contributed by atoms with Crippen molar-refractivity contribution in [2.24, 2.45) is 5.73 Å². The zero-order valence-electron chi connectivity index (χ0n) is 14.0. The van der Waals surface area contributed by atoms with Crippen molar-refractivity contribution in [3.05, 3.63) is 60.2 Å². The van der Waals surface area contributed by atoms with Gasteiger partial charge in [0.2, 0.25) is 11.7 Å². The Balaban J connectivity index is 1.85. The quantitative estimate of drug-likeness (QED) is 0.547. The number of carbonyl (C=O) groups is 1. The summed E-state index contributed by atoms with van der Waals surface area (Å²) in [5.74, 6) is 0.922. The van der Waals surface area contributed by atoms with Crippen LogP contribution in [0.5, 0.6) is 0 Å². The number of hydrogen-bond acceptors (Lipinski definition) is 5. The van der Waals surface area contributed by atoms with Gasteiger partial charge >= 0.3 is 0 Å². The van der Waals surface area contributed by atoms with Gasteiger partial charge in [0.05, 0.1) is 5.75 Å². The van der Waals surface area contributed by atoms with Crippen LogP contribution in [0.15, 0.2) is 64.2 Å². The van der Waals surface area contributed by atoms with Crippen molar-refractivity contribution in [2.75, 3.05) is 5.75 Å². The van der Waals surface area contributed by atoms with Gasteiger partial charge in [-0.25, -0.2) is 0 Å². The highest BCUT2D eigenvalue weighted by Crippen LogP contribution is 2.31. The number of carbonyl (C=O) groups excluding carboxylic acids is 1. The summed E-state index contributed by atoms with van der Waals surface area (Å²) in [5.41, 5.74) is 8.11. The predicted molar refractivity (Wildman–Crippen MR) is 101 cm³/mol. The number of thioether (sulfide) groups is 1. The number of amides is 1. The minimum atomic E-state index is -0.404. The molecule has 4 rings (SSSR count). The molecule has 0 atom stereocenters. The lowest BCUT2D eigenvalue weighted by Gasteiger charge is -2.09. The first kappa shape index (κ1) is 16.4. The fourth-order valence-corrected chi connectivity index (χ4v) is 3.37. The van der Waals surface area contributed by atoms with E-state index in [1.165, 1.54) is 11.8 Å². The van der Waals surface area contributed by atoms with Gasteiger partial charge in [-0.1, -0.05) is 47.7 Å². The Morgan fingerprint density at radius 1 is 1.15 bits per heavy atom. The second-order valence-electron chi connectivity index (χ2n) is 5.88. The minimum absolute atomic E-state index is 0.129. The Kier molecular flexibility index (Phi) is 4.22. The maximum atomic E-state index is 11.2. The topological polar surface area (TPSA) is 86.9 Å². The number of fused-ring (bicyclic) bond motifs is 1. The van der Waals surface area contributed by atoms with E-state index >= 15 is 0 Å². The summed E-state index contributed by atoms with van der Waals surface area (Å²) in [5, 5.41) is 10.1. The van der Waals surface area contributed by atoms with Gasteiger partial charge in [0, 0.05) is 11.1 Å². The Bertz CT molecular complexity index is 1050. The number of nitrogens with zero attached hydrogens (tertiary/aromatic N) is 3. The van der Waals surface area contributed by atoms with E-state index in [4.69, 9.17) is 10.2 Å². The highest BCUT2D eigenvalue weighted by atomic mass is 32.2. The van der Waals surface area contributed by atoms with Crippen molar-refractivity contribution >= 4 is 28.6 Å². The lowest BCUT2D eigenvalue weighted by molar-refractivity contribution is -0.115. The van der Waals surface area contributed by atoms with Crippen molar-refractivity contribution < 1.29 is 9.21 Å². The molecule has 2 N–H and O–H groups in total. The maximum absolute atomic E-state index is 11.2. The lowest BCUT2D eigenvalue weighted by Crippen LogP contribution is -2.13. The number of rotatable bonds is 5. The molecule has 0 saturated carbocycles. The molecule has 0 aliphatic carbocycles. The van der Waals surface area contributed by atoms with E-state index in [9.17, 15) is 4.79 Å². The number of benzene rings is 2. The SMILES string of the molecule is Cc1ccc(-n2c(SCC(N)=O)nnc2-c2cc3ccccc3o2)cc1. The maximum Gasteiger partial charge on any atom is 0.227 e. The van der Waals surface area contributed by atoms with Crippen molar-refractivity contribution in [1.82, 2.24) is 14.8 Å². The average molecular weight is 364 g/mol. The number of hydrogen-bond donors (Lipinski definition) is 1. The van der Waals surface area contributed by atoms with Crippen LogP contribution in [0.3, 0.4) is 0 Å². The fraction of sp³-hybridized carbons (Fsp3) is 0.105. The summed E-state index contributed by atoms with van der Waals surface area (Å²) < 4.78 is 7.83. The highest BCUT2D eigenvalue weighted by Gasteiger charge is 2.19. The lowest BCUT2D eigenvalue weighted by atomic mass is 10.2. The molecule has 7 heteroatoms. The molecule has 0 aliphatic heterocycles. The van der Waals surface area contributed by atoms with Crippen LogP contribution < -0.4 is 5.73 Å². The second-order valence-corrected chi connectivity index (χ2v) is 6.82. The number of aromatic nitrogens is 3. The Hall–Kier alpha value is -3.06. The fourth-order valence-electron chi connectivity index (χ4n) is 2.68. The van der Waals surface area contributed by atoms with E-state index in [0.29, 0.717) is 16.7 Å². The van der Waals surface area contributed by atoms with Crippen LogP contribution in [0, 0.1) is 6.92 Å². The van der Waals surface area contributed by atoms with Crippen LogP contribution in [-0.2, 0) is 4.79 Å². The molecule has 1 amide bonds. The molecule has 0 fully saturated rings. The number of furan rings is 1. The van der Waals surface area contributed by atoms with Crippen molar-refractivity contribution in [3.63, 3.8) is 0 Å². The molecule has 26 heavy (non-hydrogen) atoms. The molecule has 2 aromatic heterocycles. The smallest absolute Gasteiger partial charge is 0.227 e. The molecule has 0 aliphatic rings. The second kappa shape index (κ2) is 6.68. The third-order valence-corrected chi connectivity index (χ3v) is 4.87. The summed E-state index contributed by atoms with van der Waals surface area (Å²) in [4.78, 5) is 11.2. The molecule has 6 nitrogen and oxygen atoms in total. The van der Waals surface area contributed by atoms with E-state index in [1.807, 2.05) is 66.1 Å². The third kappa shape index (κ3) is 3.09. The van der Waals surface area contributed by atoms with E-state index in [2.05, 4.69) is 10.2 Å². The Morgan fingerprint density at radius 3 is 2.65 bits per heavy atom. The van der Waals surface area contributed by atoms with Crippen LogP contribution in [0.25, 0.3) is 28.2 Å². The number of para-hydroxylation sites is 1. The summed E-state index contributed by atoms with van der Waals surface area (Å²) >= 11 is 1.25. The van der Waals surface area contributed by atoms with Gasteiger partial charge in [-0.2, -0.15) is 0 Å². The number of aryl methyl sites for hydroxylation is 1. The van der Waals surface area contributed by atoms with E-state index in [0.717, 1.165) is 22.2 Å². The van der Waals surface area contributed by atoms with Gasteiger partial charge in [0.1, 0.15) is 5.58 Å². The average Bonchev–Trinajstić information content (AvgIpc) is 3.24. The van der Waals surface area contributed by atoms with Crippen molar-refractivity contribution in [1.29, 1.82) is 0 Å². The summed E-state index contributed by atoms with van der Waals surface area (Å²) in [6, 6.07) is 17.7. The van der Waals surface area contributed by atoms with Gasteiger partial charge < -0.3 is 10.2 Å². The minimum Gasteiger partial charge on any atom is -0.453 e. The molecular formula is C19H16N4O2S. The molecule has 0 spiro atoms. The standard InChI is InChI=1S/C19H16N4O2S/c1-12-6-8-14(9-7-12)23-18(21-22-19(23)26-11-17(20)24)16-10-13-4-2-3-5-15(13)25-16/h2-10H,11H2,1H3,(H2,20,24). The van der Waals surface area contributed by atoms with Crippen molar-refractivity contribution in [2.45, 2.75) is 12.1 Å². The highest BCUT2D eigenvalue weighted by molar-refractivity contribution is 7.99. The Labute approximate surface area is 154 Å². The van der Waals surface area contributed by atoms with Gasteiger partial charge in [-0.3, -0.25) is 9.36 Å². The van der Waals surface area contributed by atoms with Crippen LogP contribution in [0.2, 0.25) is 0 Å². The van der Waals surface area contributed by atoms with Crippen molar-refractivity contribution in [3.8, 4) is 17.3 Å². The summed E-state index contributed by atoms with van der Waals surface area (Å²) in [6.07, 6.45) is 0. The summed E-state index contributed by atoms with van der Waals surface area (Å²) in [7, 11) is 0. The number of primary amides is 1. The predicted octanol–water partition coefficient (Wildman–Crippen LogP) is 3.57. The molecule has 0 bridgehead atoms.